The average Bonchev–Trinajstić information content (AvgIpc) is 3.25. The first kappa shape index (κ1) is 18.9. The van der Waals surface area contributed by atoms with Crippen LogP contribution in [0, 0.1) is 0 Å². The third-order valence-corrected chi connectivity index (χ3v) is 6.16. The second kappa shape index (κ2) is 8.70. The molecule has 0 aliphatic carbocycles. The summed E-state index contributed by atoms with van der Waals surface area (Å²) in [5, 5.41) is 14.8. The van der Waals surface area contributed by atoms with Crippen molar-refractivity contribution < 1.29 is 4.79 Å². The van der Waals surface area contributed by atoms with Crippen LogP contribution in [0.25, 0.3) is 0 Å². The molecule has 0 radical (unpaired) electrons. The molecular weight excluding hydrogens is 388 g/mol. The van der Waals surface area contributed by atoms with Gasteiger partial charge in [-0.2, -0.15) is 0 Å². The summed E-state index contributed by atoms with van der Waals surface area (Å²) in [6, 6.07) is 11.5. The number of carbonyl (C=O) groups excluding carboxylic acids is 1. The zero-order valence-corrected chi connectivity index (χ0v) is 16.9. The molecule has 0 aliphatic heterocycles. The van der Waals surface area contributed by atoms with Crippen molar-refractivity contribution in [3.63, 3.8) is 0 Å². The number of aromatic nitrogens is 3. The fraction of sp³-hybridized carbons (Fsp3) is 0.278. The Labute approximate surface area is 165 Å². The van der Waals surface area contributed by atoms with E-state index in [0.717, 1.165) is 23.0 Å². The van der Waals surface area contributed by atoms with Crippen LogP contribution in [0.1, 0.15) is 29.2 Å². The van der Waals surface area contributed by atoms with Gasteiger partial charge in [-0.1, -0.05) is 47.6 Å². The van der Waals surface area contributed by atoms with E-state index in [2.05, 4.69) is 21.6 Å². The minimum atomic E-state index is -0.148. The van der Waals surface area contributed by atoms with Crippen molar-refractivity contribution in [2.45, 2.75) is 24.5 Å². The number of nitrogens with one attached hydrogen (secondary N) is 1. The van der Waals surface area contributed by atoms with Crippen LogP contribution in [0.4, 0.5) is 0 Å². The van der Waals surface area contributed by atoms with Gasteiger partial charge in [0.25, 0.3) is 0 Å². The fourth-order valence-electron chi connectivity index (χ4n) is 2.51. The summed E-state index contributed by atoms with van der Waals surface area (Å²) < 4.78 is 1.94. The third kappa shape index (κ3) is 4.66. The normalized spacial score (nSPS) is 12.1. The third-order valence-electron chi connectivity index (χ3n) is 3.92. The van der Waals surface area contributed by atoms with Crippen molar-refractivity contribution in [1.82, 2.24) is 20.1 Å². The molecule has 0 bridgehead atoms. The summed E-state index contributed by atoms with van der Waals surface area (Å²) in [4.78, 5) is 13.5. The predicted molar refractivity (Wildman–Crippen MR) is 107 cm³/mol. The Morgan fingerprint density at radius 3 is 2.85 bits per heavy atom. The first-order chi connectivity index (χ1) is 12.5. The maximum absolute atomic E-state index is 12.3. The summed E-state index contributed by atoms with van der Waals surface area (Å²) in [7, 11) is 1.93. The van der Waals surface area contributed by atoms with Gasteiger partial charge in [0.2, 0.25) is 5.91 Å². The number of hydrogen-bond acceptors (Lipinski definition) is 5. The SMILES string of the molecule is CC(NC(=O)CSc1nnc(Cc2cccs2)n1C)c1ccccc1Cl. The Hall–Kier alpha value is -1.83. The molecule has 8 heteroatoms. The van der Waals surface area contributed by atoms with Crippen LogP contribution in [0.5, 0.6) is 0 Å². The van der Waals surface area contributed by atoms with Gasteiger partial charge in [0.15, 0.2) is 5.16 Å². The highest BCUT2D eigenvalue weighted by Crippen LogP contribution is 2.23. The van der Waals surface area contributed by atoms with Gasteiger partial charge >= 0.3 is 0 Å². The molecule has 1 unspecified atom stereocenters. The lowest BCUT2D eigenvalue weighted by atomic mass is 10.1. The molecule has 1 N–H and O–H groups in total. The molecular formula is C18H19ClN4OS2. The molecule has 2 aromatic heterocycles. The van der Waals surface area contributed by atoms with Gasteiger partial charge in [0.1, 0.15) is 5.82 Å². The number of thioether (sulfide) groups is 1. The smallest absolute Gasteiger partial charge is 0.230 e. The minimum absolute atomic E-state index is 0.0646. The number of benzene rings is 1. The van der Waals surface area contributed by atoms with Crippen LogP contribution < -0.4 is 5.32 Å². The van der Waals surface area contributed by atoms with Crippen LogP contribution in [0.3, 0.4) is 0 Å². The summed E-state index contributed by atoms with van der Waals surface area (Å²) in [5.74, 6) is 1.10. The van der Waals surface area contributed by atoms with E-state index in [0.29, 0.717) is 5.02 Å². The molecule has 0 saturated heterocycles. The number of halogens is 1. The van der Waals surface area contributed by atoms with E-state index < -0.39 is 0 Å². The van der Waals surface area contributed by atoms with Crippen LogP contribution in [-0.2, 0) is 18.3 Å². The lowest BCUT2D eigenvalue weighted by Crippen LogP contribution is -2.28. The highest BCUT2D eigenvalue weighted by Gasteiger charge is 2.15. The molecule has 2 heterocycles. The van der Waals surface area contributed by atoms with Crippen LogP contribution in [0.2, 0.25) is 5.02 Å². The summed E-state index contributed by atoms with van der Waals surface area (Å²) in [6.07, 6.45) is 0.747. The zero-order chi connectivity index (χ0) is 18.5. The van der Waals surface area contributed by atoms with Crippen LogP contribution >= 0.6 is 34.7 Å². The maximum Gasteiger partial charge on any atom is 0.230 e. The number of hydrogen-bond donors (Lipinski definition) is 1. The number of nitrogens with zero attached hydrogens (tertiary/aromatic N) is 3. The van der Waals surface area contributed by atoms with Gasteiger partial charge in [-0.05, 0) is 30.0 Å². The largest absolute Gasteiger partial charge is 0.349 e. The van der Waals surface area contributed by atoms with Crippen LogP contribution in [0.15, 0.2) is 46.9 Å². The Balaban J connectivity index is 1.55. The van der Waals surface area contributed by atoms with Gasteiger partial charge in [-0.25, -0.2) is 0 Å². The number of amides is 1. The van der Waals surface area contributed by atoms with Crippen molar-refractivity contribution in [2.24, 2.45) is 7.05 Å². The summed E-state index contributed by atoms with van der Waals surface area (Å²) >= 11 is 9.25. The molecule has 1 amide bonds. The van der Waals surface area contributed by atoms with Crippen molar-refractivity contribution in [3.05, 3.63) is 63.1 Å². The molecule has 3 rings (SSSR count). The van der Waals surface area contributed by atoms with Gasteiger partial charge in [-0.15, -0.1) is 21.5 Å². The Morgan fingerprint density at radius 2 is 2.12 bits per heavy atom. The Morgan fingerprint density at radius 1 is 1.31 bits per heavy atom. The van der Waals surface area contributed by atoms with E-state index in [1.165, 1.54) is 16.6 Å². The highest BCUT2D eigenvalue weighted by atomic mass is 35.5. The average molecular weight is 407 g/mol. The molecule has 1 atom stereocenters. The van der Waals surface area contributed by atoms with Crippen molar-refractivity contribution >= 4 is 40.6 Å². The number of rotatable bonds is 7. The Bertz CT molecular complexity index is 879. The van der Waals surface area contributed by atoms with Gasteiger partial charge in [-0.3, -0.25) is 4.79 Å². The molecule has 3 aromatic rings. The summed E-state index contributed by atoms with van der Waals surface area (Å²) in [5.41, 5.74) is 0.907. The molecule has 5 nitrogen and oxygen atoms in total. The van der Waals surface area contributed by atoms with Crippen molar-refractivity contribution in [1.29, 1.82) is 0 Å². The monoisotopic (exact) mass is 406 g/mol. The van der Waals surface area contributed by atoms with Crippen molar-refractivity contribution in [2.75, 3.05) is 5.75 Å². The molecule has 0 spiro atoms. The van der Waals surface area contributed by atoms with E-state index in [1.54, 1.807) is 11.3 Å². The molecule has 1 aromatic carbocycles. The number of carbonyl (C=O) groups is 1. The van der Waals surface area contributed by atoms with E-state index in [-0.39, 0.29) is 17.7 Å². The van der Waals surface area contributed by atoms with E-state index in [4.69, 9.17) is 11.6 Å². The second-order valence-electron chi connectivity index (χ2n) is 5.81. The highest BCUT2D eigenvalue weighted by molar-refractivity contribution is 7.99. The van der Waals surface area contributed by atoms with Crippen molar-refractivity contribution in [3.8, 4) is 0 Å². The first-order valence-corrected chi connectivity index (χ1v) is 10.4. The lowest BCUT2D eigenvalue weighted by molar-refractivity contribution is -0.119. The van der Waals surface area contributed by atoms with Crippen LogP contribution in [-0.4, -0.2) is 26.4 Å². The molecule has 0 saturated carbocycles. The predicted octanol–water partition coefficient (Wildman–Crippen LogP) is 4.09. The summed E-state index contributed by atoms with van der Waals surface area (Å²) in [6.45, 7) is 1.92. The van der Waals surface area contributed by atoms with Gasteiger partial charge in [0.05, 0.1) is 11.8 Å². The Kier molecular flexibility index (Phi) is 6.34. The van der Waals surface area contributed by atoms with E-state index >= 15 is 0 Å². The fourth-order valence-corrected chi connectivity index (χ4v) is 4.25. The van der Waals surface area contributed by atoms with Gasteiger partial charge < -0.3 is 9.88 Å². The van der Waals surface area contributed by atoms with E-state index in [1.807, 2.05) is 54.3 Å². The lowest BCUT2D eigenvalue weighted by Gasteiger charge is -2.15. The zero-order valence-electron chi connectivity index (χ0n) is 14.5. The molecule has 0 fully saturated rings. The maximum atomic E-state index is 12.3. The first-order valence-electron chi connectivity index (χ1n) is 8.12. The minimum Gasteiger partial charge on any atom is -0.349 e. The topological polar surface area (TPSA) is 59.8 Å². The molecule has 136 valence electrons. The number of thiophene rings is 1. The van der Waals surface area contributed by atoms with E-state index in [9.17, 15) is 4.79 Å². The standard InChI is InChI=1S/C18H19ClN4OS2/c1-12(14-7-3-4-8-15(14)19)20-17(24)11-26-18-22-21-16(23(18)2)10-13-6-5-9-25-13/h3-9,12H,10-11H2,1-2H3,(H,20,24). The second-order valence-corrected chi connectivity index (χ2v) is 8.20. The molecule has 0 aliphatic rings. The quantitative estimate of drug-likeness (QED) is 0.600. The molecule has 26 heavy (non-hydrogen) atoms. The van der Waals surface area contributed by atoms with Gasteiger partial charge in [0, 0.05) is 23.4 Å².